The molecule has 1 aliphatic heterocycles. The van der Waals surface area contributed by atoms with Crippen LogP contribution in [0.4, 0.5) is 4.79 Å². The summed E-state index contributed by atoms with van der Waals surface area (Å²) in [6.07, 6.45) is 2.34. The van der Waals surface area contributed by atoms with Gasteiger partial charge in [0, 0.05) is 24.7 Å². The average molecular weight is 416 g/mol. The van der Waals surface area contributed by atoms with Gasteiger partial charge in [-0.3, -0.25) is 0 Å². The smallest absolute Gasteiger partial charge is 0.407 e. The summed E-state index contributed by atoms with van der Waals surface area (Å²) in [5, 5.41) is 12.3. The minimum atomic E-state index is -0.935. The van der Waals surface area contributed by atoms with Crippen LogP contribution in [0.5, 0.6) is 0 Å². The van der Waals surface area contributed by atoms with Gasteiger partial charge < -0.3 is 19.7 Å². The maximum atomic E-state index is 12.4. The lowest BCUT2D eigenvalue weighted by Crippen LogP contribution is -2.26. The summed E-state index contributed by atoms with van der Waals surface area (Å²) >= 11 is 0. The number of nitrogens with zero attached hydrogens (tertiary/aromatic N) is 1. The Morgan fingerprint density at radius 1 is 1.03 bits per heavy atom. The number of fused-ring (bicyclic) bond motifs is 4. The maximum Gasteiger partial charge on any atom is 0.407 e. The van der Waals surface area contributed by atoms with Gasteiger partial charge in [0.15, 0.2) is 0 Å². The van der Waals surface area contributed by atoms with E-state index in [4.69, 9.17) is 4.74 Å². The first-order valence-electron chi connectivity index (χ1n) is 10.7. The number of carbonyl (C=O) groups is 2. The predicted molar refractivity (Wildman–Crippen MR) is 116 cm³/mol. The summed E-state index contributed by atoms with van der Waals surface area (Å²) in [5.74, 6) is -0.922. The van der Waals surface area contributed by atoms with Crippen LogP contribution in [0.2, 0.25) is 0 Å². The van der Waals surface area contributed by atoms with Crippen LogP contribution in [-0.2, 0) is 24.2 Å². The molecule has 1 aromatic heterocycles. The molecule has 2 aliphatic rings. The Kier molecular flexibility index (Phi) is 4.98. The van der Waals surface area contributed by atoms with Gasteiger partial charge in [-0.15, -0.1) is 0 Å². The van der Waals surface area contributed by atoms with Crippen molar-refractivity contribution >= 4 is 12.1 Å². The number of carboxylic acid groups (broad SMARTS) is 1. The summed E-state index contributed by atoms with van der Waals surface area (Å²) in [5.41, 5.74) is 6.86. The molecular weight excluding hydrogens is 392 g/mol. The van der Waals surface area contributed by atoms with Crippen molar-refractivity contribution in [3.63, 3.8) is 0 Å². The van der Waals surface area contributed by atoms with Crippen LogP contribution in [0.1, 0.15) is 51.6 Å². The van der Waals surface area contributed by atoms with E-state index in [2.05, 4.69) is 29.6 Å². The average Bonchev–Trinajstić information content (AvgIpc) is 3.33. The number of amides is 1. The van der Waals surface area contributed by atoms with Gasteiger partial charge in [-0.25, -0.2) is 9.59 Å². The van der Waals surface area contributed by atoms with E-state index in [0.717, 1.165) is 30.5 Å². The molecular formula is C25H24N2O4. The summed E-state index contributed by atoms with van der Waals surface area (Å²) < 4.78 is 7.45. The molecule has 6 heteroatoms. The lowest BCUT2D eigenvalue weighted by molar-refractivity contribution is 0.0683. The number of carbonyl (C=O) groups excluding carboxylic acids is 1. The fraction of sp³-hybridized carbons (Fsp3) is 0.280. The van der Waals surface area contributed by atoms with Crippen LogP contribution < -0.4 is 5.32 Å². The first kappa shape index (κ1) is 19.4. The van der Waals surface area contributed by atoms with Crippen molar-refractivity contribution in [3.8, 4) is 11.1 Å². The largest absolute Gasteiger partial charge is 0.477 e. The molecule has 2 N–H and O–H groups in total. The molecule has 2 aromatic carbocycles. The van der Waals surface area contributed by atoms with E-state index >= 15 is 0 Å². The standard InChI is InChI=1S/C25H24N2O4/c28-24(29)23-13-16(22-11-5-6-12-27(22)23)14-26-25(30)31-15-21-19-9-3-1-7-17(19)18-8-2-4-10-20(18)21/h1-4,7-10,13,21H,5-6,11-12,14-15H2,(H,26,30)(H,28,29). The molecule has 6 nitrogen and oxygen atoms in total. The zero-order valence-electron chi connectivity index (χ0n) is 17.1. The van der Waals surface area contributed by atoms with E-state index in [1.54, 1.807) is 6.07 Å². The van der Waals surface area contributed by atoms with Crippen molar-refractivity contribution in [1.29, 1.82) is 0 Å². The van der Waals surface area contributed by atoms with Crippen molar-refractivity contribution < 1.29 is 19.4 Å². The number of rotatable bonds is 5. The molecule has 3 aromatic rings. The SMILES string of the molecule is O=C(NCc1cc(C(=O)O)n2c1CCCC2)OCC1c2ccccc2-c2ccccc21. The van der Waals surface area contributed by atoms with Gasteiger partial charge in [0.05, 0.1) is 0 Å². The van der Waals surface area contributed by atoms with Crippen molar-refractivity contribution in [2.75, 3.05) is 6.61 Å². The Bertz CT molecular complexity index is 1120. The topological polar surface area (TPSA) is 80.6 Å². The minimum Gasteiger partial charge on any atom is -0.477 e. The molecule has 0 unspecified atom stereocenters. The first-order chi connectivity index (χ1) is 15.1. The third-order valence-electron chi connectivity index (χ3n) is 6.33. The van der Waals surface area contributed by atoms with Crippen LogP contribution >= 0.6 is 0 Å². The van der Waals surface area contributed by atoms with E-state index in [1.807, 2.05) is 28.8 Å². The zero-order chi connectivity index (χ0) is 21.4. The van der Waals surface area contributed by atoms with Gasteiger partial charge in [0.2, 0.25) is 0 Å². The number of aromatic nitrogens is 1. The van der Waals surface area contributed by atoms with Gasteiger partial charge in [-0.05, 0) is 53.1 Å². The highest BCUT2D eigenvalue weighted by atomic mass is 16.5. The quantitative estimate of drug-likeness (QED) is 0.639. The molecule has 31 heavy (non-hydrogen) atoms. The van der Waals surface area contributed by atoms with Gasteiger partial charge in [0.25, 0.3) is 0 Å². The fourth-order valence-corrected chi connectivity index (χ4v) is 4.91. The number of benzene rings is 2. The van der Waals surface area contributed by atoms with Crippen molar-refractivity contribution in [2.24, 2.45) is 0 Å². The summed E-state index contributed by atoms with van der Waals surface area (Å²) in [7, 11) is 0. The van der Waals surface area contributed by atoms with Crippen molar-refractivity contribution in [1.82, 2.24) is 9.88 Å². The molecule has 0 saturated heterocycles. The second-order valence-electron chi connectivity index (χ2n) is 8.09. The molecule has 0 radical (unpaired) electrons. The molecule has 0 atom stereocenters. The molecule has 158 valence electrons. The number of aromatic carboxylic acids is 1. The third-order valence-corrected chi connectivity index (χ3v) is 6.33. The van der Waals surface area contributed by atoms with Gasteiger partial charge in [-0.2, -0.15) is 0 Å². The number of carboxylic acids is 1. The Labute approximate surface area is 180 Å². The molecule has 1 amide bonds. The van der Waals surface area contributed by atoms with Crippen molar-refractivity contribution in [3.05, 3.63) is 82.7 Å². The molecule has 0 fully saturated rings. The number of nitrogens with one attached hydrogen (secondary N) is 1. The van der Waals surface area contributed by atoms with Crippen molar-refractivity contribution in [2.45, 2.75) is 38.3 Å². The number of ether oxygens (including phenoxy) is 1. The predicted octanol–water partition coefficient (Wildman–Crippen LogP) is 4.56. The number of hydrogen-bond acceptors (Lipinski definition) is 3. The van der Waals surface area contributed by atoms with E-state index in [0.29, 0.717) is 12.2 Å². The highest BCUT2D eigenvalue weighted by Crippen LogP contribution is 2.44. The van der Waals surface area contributed by atoms with E-state index in [-0.39, 0.29) is 19.1 Å². The second kappa shape index (κ2) is 7.95. The van der Waals surface area contributed by atoms with Gasteiger partial charge in [-0.1, -0.05) is 48.5 Å². The highest BCUT2D eigenvalue weighted by Gasteiger charge is 2.29. The lowest BCUT2D eigenvalue weighted by atomic mass is 9.98. The fourth-order valence-electron chi connectivity index (χ4n) is 4.91. The molecule has 0 bridgehead atoms. The van der Waals surface area contributed by atoms with Crippen LogP contribution in [0, 0.1) is 0 Å². The Morgan fingerprint density at radius 3 is 2.39 bits per heavy atom. The van der Waals surface area contributed by atoms with E-state index in [1.165, 1.54) is 22.3 Å². The molecule has 5 rings (SSSR count). The number of hydrogen-bond donors (Lipinski definition) is 2. The minimum absolute atomic E-state index is 0.0130. The van der Waals surface area contributed by atoms with Gasteiger partial charge >= 0.3 is 12.1 Å². The second-order valence-corrected chi connectivity index (χ2v) is 8.09. The van der Waals surface area contributed by atoms with Crippen LogP contribution in [0.15, 0.2) is 54.6 Å². The highest BCUT2D eigenvalue weighted by molar-refractivity contribution is 5.86. The summed E-state index contributed by atoms with van der Waals surface area (Å²) in [6, 6.07) is 18.1. The van der Waals surface area contributed by atoms with Crippen LogP contribution in [-0.4, -0.2) is 28.3 Å². The Morgan fingerprint density at radius 2 is 1.71 bits per heavy atom. The molecule has 0 spiro atoms. The number of alkyl carbamates (subject to hydrolysis) is 1. The van der Waals surface area contributed by atoms with E-state index in [9.17, 15) is 14.7 Å². The monoisotopic (exact) mass is 416 g/mol. The molecule has 1 aliphatic carbocycles. The van der Waals surface area contributed by atoms with Crippen LogP contribution in [0.25, 0.3) is 11.1 Å². The Balaban J connectivity index is 1.26. The normalized spacial score (nSPS) is 14.5. The first-order valence-corrected chi connectivity index (χ1v) is 10.7. The summed E-state index contributed by atoms with van der Waals surface area (Å²) in [6.45, 7) is 1.23. The zero-order valence-corrected chi connectivity index (χ0v) is 17.1. The summed E-state index contributed by atoms with van der Waals surface area (Å²) in [4.78, 5) is 24.0. The lowest BCUT2D eigenvalue weighted by Gasteiger charge is -2.18. The van der Waals surface area contributed by atoms with Gasteiger partial charge in [0.1, 0.15) is 12.3 Å². The maximum absolute atomic E-state index is 12.4. The molecule has 0 saturated carbocycles. The molecule has 2 heterocycles. The third kappa shape index (κ3) is 3.48. The van der Waals surface area contributed by atoms with Crippen LogP contribution in [0.3, 0.4) is 0 Å². The Hall–Kier alpha value is -3.54. The van der Waals surface area contributed by atoms with E-state index < -0.39 is 12.1 Å².